The number of aliphatic carboxylic acids is 1. The summed E-state index contributed by atoms with van der Waals surface area (Å²) in [4.78, 5) is 22.0. The molecule has 18 heavy (non-hydrogen) atoms. The second kappa shape index (κ2) is 5.76. The lowest BCUT2D eigenvalue weighted by molar-refractivity contribution is -0.135. The number of carboxylic acid groups (broad SMARTS) is 1. The first-order chi connectivity index (χ1) is 8.49. The molecule has 0 saturated carbocycles. The van der Waals surface area contributed by atoms with E-state index in [1.54, 1.807) is 0 Å². The number of ether oxygens (including phenoxy) is 2. The summed E-state index contributed by atoms with van der Waals surface area (Å²) in [5, 5.41) is 20.3. The fourth-order valence-electron chi connectivity index (χ4n) is 1.28. The van der Waals surface area contributed by atoms with E-state index in [9.17, 15) is 14.7 Å². The number of methoxy groups -OCH3 is 2. The Morgan fingerprint density at radius 2 is 1.72 bits per heavy atom. The molecule has 1 rings (SSSR count). The van der Waals surface area contributed by atoms with Gasteiger partial charge in [0.1, 0.15) is 6.54 Å². The molecule has 0 aliphatic carbocycles. The van der Waals surface area contributed by atoms with Gasteiger partial charge in [0.25, 0.3) is 5.91 Å². The quantitative estimate of drug-likeness (QED) is 0.695. The number of phenols is 1. The first-order valence-electron chi connectivity index (χ1n) is 4.94. The van der Waals surface area contributed by atoms with E-state index in [0.717, 1.165) is 0 Å². The minimum Gasteiger partial charge on any atom is -0.502 e. The summed E-state index contributed by atoms with van der Waals surface area (Å²) in [5.74, 6) is -1.85. The summed E-state index contributed by atoms with van der Waals surface area (Å²) in [6, 6.07) is 2.57. The predicted molar refractivity (Wildman–Crippen MR) is 61.2 cm³/mol. The van der Waals surface area contributed by atoms with Gasteiger partial charge in [-0.2, -0.15) is 0 Å². The van der Waals surface area contributed by atoms with E-state index in [1.165, 1.54) is 26.4 Å². The van der Waals surface area contributed by atoms with E-state index in [0.29, 0.717) is 0 Å². The number of phenolic OH excluding ortho intramolecular Hbond substituents is 1. The molecule has 7 nitrogen and oxygen atoms in total. The average molecular weight is 255 g/mol. The smallest absolute Gasteiger partial charge is 0.322 e. The van der Waals surface area contributed by atoms with Gasteiger partial charge in [-0.25, -0.2) is 0 Å². The fourth-order valence-corrected chi connectivity index (χ4v) is 1.28. The van der Waals surface area contributed by atoms with Crippen molar-refractivity contribution in [3.8, 4) is 17.2 Å². The number of carbonyl (C=O) groups is 2. The SMILES string of the molecule is COc1cc(C(=O)NCC(=O)O)cc(OC)c1O. The van der Waals surface area contributed by atoms with E-state index in [-0.39, 0.29) is 22.8 Å². The third-order valence-corrected chi connectivity index (χ3v) is 2.14. The summed E-state index contributed by atoms with van der Waals surface area (Å²) in [6.45, 7) is -0.496. The van der Waals surface area contributed by atoms with Crippen molar-refractivity contribution in [1.29, 1.82) is 0 Å². The molecule has 98 valence electrons. The molecule has 0 aliphatic heterocycles. The molecule has 0 radical (unpaired) electrons. The van der Waals surface area contributed by atoms with Crippen molar-refractivity contribution in [2.45, 2.75) is 0 Å². The van der Waals surface area contributed by atoms with Gasteiger partial charge in [-0.1, -0.05) is 0 Å². The predicted octanol–water partition coefficient (Wildman–Crippen LogP) is 0.224. The van der Waals surface area contributed by atoms with Crippen molar-refractivity contribution in [2.24, 2.45) is 0 Å². The molecule has 0 heterocycles. The molecule has 0 spiro atoms. The lowest BCUT2D eigenvalue weighted by Crippen LogP contribution is -2.29. The summed E-state index contributed by atoms with van der Waals surface area (Å²) in [6.07, 6.45) is 0. The van der Waals surface area contributed by atoms with Gasteiger partial charge >= 0.3 is 5.97 Å². The van der Waals surface area contributed by atoms with Crippen molar-refractivity contribution in [3.05, 3.63) is 17.7 Å². The van der Waals surface area contributed by atoms with Crippen LogP contribution in [0.1, 0.15) is 10.4 Å². The first kappa shape index (κ1) is 13.6. The van der Waals surface area contributed by atoms with E-state index in [4.69, 9.17) is 14.6 Å². The topological polar surface area (TPSA) is 105 Å². The highest BCUT2D eigenvalue weighted by Crippen LogP contribution is 2.36. The summed E-state index contributed by atoms with van der Waals surface area (Å²) in [5.41, 5.74) is 0.128. The molecule has 0 bridgehead atoms. The van der Waals surface area contributed by atoms with Crippen molar-refractivity contribution in [3.63, 3.8) is 0 Å². The van der Waals surface area contributed by atoms with Crippen molar-refractivity contribution >= 4 is 11.9 Å². The molecule has 0 atom stereocenters. The number of hydrogen-bond acceptors (Lipinski definition) is 5. The molecular formula is C11H13NO6. The Morgan fingerprint density at radius 1 is 1.22 bits per heavy atom. The van der Waals surface area contributed by atoms with Crippen LogP contribution < -0.4 is 14.8 Å². The number of amides is 1. The molecule has 1 amide bonds. The minimum atomic E-state index is -1.15. The Morgan fingerprint density at radius 3 is 2.11 bits per heavy atom. The molecular weight excluding hydrogens is 242 g/mol. The van der Waals surface area contributed by atoms with Crippen molar-refractivity contribution < 1.29 is 29.3 Å². The maximum Gasteiger partial charge on any atom is 0.322 e. The molecule has 7 heteroatoms. The van der Waals surface area contributed by atoms with Crippen LogP contribution in [-0.4, -0.2) is 42.9 Å². The zero-order valence-corrected chi connectivity index (χ0v) is 9.89. The van der Waals surface area contributed by atoms with E-state index < -0.39 is 18.4 Å². The summed E-state index contributed by atoms with van der Waals surface area (Å²) in [7, 11) is 2.65. The highest BCUT2D eigenvalue weighted by atomic mass is 16.5. The third kappa shape index (κ3) is 3.03. The van der Waals surface area contributed by atoms with Gasteiger partial charge in [-0.15, -0.1) is 0 Å². The van der Waals surface area contributed by atoms with Gasteiger partial charge in [0, 0.05) is 5.56 Å². The lowest BCUT2D eigenvalue weighted by Gasteiger charge is -2.10. The van der Waals surface area contributed by atoms with E-state index in [2.05, 4.69) is 5.32 Å². The van der Waals surface area contributed by atoms with Gasteiger partial charge in [0.05, 0.1) is 14.2 Å². The van der Waals surface area contributed by atoms with Crippen LogP contribution in [0.2, 0.25) is 0 Å². The van der Waals surface area contributed by atoms with Crippen LogP contribution in [0, 0.1) is 0 Å². The molecule has 0 saturated heterocycles. The number of benzene rings is 1. The monoisotopic (exact) mass is 255 g/mol. The normalized spacial score (nSPS) is 9.67. The van der Waals surface area contributed by atoms with Crippen molar-refractivity contribution in [1.82, 2.24) is 5.32 Å². The maximum atomic E-state index is 11.6. The van der Waals surface area contributed by atoms with Crippen LogP contribution in [0.4, 0.5) is 0 Å². The Balaban J connectivity index is 3.02. The molecule has 0 aliphatic rings. The molecule has 1 aromatic carbocycles. The Kier molecular flexibility index (Phi) is 4.36. The van der Waals surface area contributed by atoms with Crippen LogP contribution in [-0.2, 0) is 4.79 Å². The molecule has 1 aromatic rings. The largest absolute Gasteiger partial charge is 0.502 e. The van der Waals surface area contributed by atoms with Crippen LogP contribution >= 0.6 is 0 Å². The second-order valence-electron chi connectivity index (χ2n) is 3.31. The number of nitrogens with one attached hydrogen (secondary N) is 1. The highest BCUT2D eigenvalue weighted by Gasteiger charge is 2.15. The zero-order valence-electron chi connectivity index (χ0n) is 9.89. The Bertz CT molecular complexity index is 446. The molecule has 3 N–H and O–H groups in total. The Hall–Kier alpha value is -2.44. The van der Waals surface area contributed by atoms with Crippen LogP contribution in [0.25, 0.3) is 0 Å². The van der Waals surface area contributed by atoms with Crippen LogP contribution in [0.3, 0.4) is 0 Å². The summed E-state index contributed by atoms with van der Waals surface area (Å²) >= 11 is 0. The van der Waals surface area contributed by atoms with Gasteiger partial charge in [0.15, 0.2) is 11.5 Å². The Labute approximate surface area is 103 Å². The number of rotatable bonds is 5. The number of carboxylic acids is 1. The van der Waals surface area contributed by atoms with Crippen LogP contribution in [0.15, 0.2) is 12.1 Å². The number of carbonyl (C=O) groups excluding carboxylic acids is 1. The number of aromatic hydroxyl groups is 1. The van der Waals surface area contributed by atoms with Crippen molar-refractivity contribution in [2.75, 3.05) is 20.8 Å². The van der Waals surface area contributed by atoms with E-state index >= 15 is 0 Å². The third-order valence-electron chi connectivity index (χ3n) is 2.14. The second-order valence-corrected chi connectivity index (χ2v) is 3.31. The molecule has 0 unspecified atom stereocenters. The van der Waals surface area contributed by atoms with Gasteiger partial charge < -0.3 is 25.0 Å². The van der Waals surface area contributed by atoms with E-state index in [1.807, 2.05) is 0 Å². The molecule has 0 fully saturated rings. The highest BCUT2D eigenvalue weighted by molar-refractivity contribution is 5.97. The van der Waals surface area contributed by atoms with Gasteiger partial charge in [-0.05, 0) is 12.1 Å². The standard InChI is InChI=1S/C11H13NO6/c1-17-7-3-6(4-8(18-2)10(7)15)11(16)12-5-9(13)14/h3-4,15H,5H2,1-2H3,(H,12,16)(H,13,14). The van der Waals surface area contributed by atoms with Crippen LogP contribution in [0.5, 0.6) is 17.2 Å². The fraction of sp³-hybridized carbons (Fsp3) is 0.273. The lowest BCUT2D eigenvalue weighted by atomic mass is 10.1. The minimum absolute atomic E-state index is 0.0647. The maximum absolute atomic E-state index is 11.6. The molecule has 0 aromatic heterocycles. The first-order valence-corrected chi connectivity index (χ1v) is 4.94. The van der Waals surface area contributed by atoms with Gasteiger partial charge in [-0.3, -0.25) is 9.59 Å². The summed E-state index contributed by atoms with van der Waals surface area (Å²) < 4.78 is 9.76. The van der Waals surface area contributed by atoms with Gasteiger partial charge in [0.2, 0.25) is 5.75 Å². The zero-order chi connectivity index (χ0) is 13.7. The average Bonchev–Trinajstić information content (AvgIpc) is 2.36. The number of hydrogen-bond donors (Lipinski definition) is 3.